The summed E-state index contributed by atoms with van der Waals surface area (Å²) in [5, 5.41) is 1.66. The summed E-state index contributed by atoms with van der Waals surface area (Å²) < 4.78 is 5.75. The standard InChI is InChI=1S/C15H11ClN2O/c16-11-4-6-15(13(17)8-11)19-12-5-3-10-2-1-7-18-14(10)9-12/h1-9H,17H2. The number of nitrogens with two attached hydrogens (primary N) is 1. The van der Waals surface area contributed by atoms with Crippen molar-refractivity contribution in [2.24, 2.45) is 0 Å². The Balaban J connectivity index is 1.96. The first-order chi connectivity index (χ1) is 9.22. The summed E-state index contributed by atoms with van der Waals surface area (Å²) in [5.74, 6) is 1.28. The van der Waals surface area contributed by atoms with E-state index in [1.807, 2.05) is 30.3 Å². The molecule has 0 aliphatic heterocycles. The normalized spacial score (nSPS) is 10.6. The lowest BCUT2D eigenvalue weighted by Crippen LogP contribution is -1.92. The maximum Gasteiger partial charge on any atom is 0.150 e. The molecule has 1 aromatic heterocycles. The summed E-state index contributed by atoms with van der Waals surface area (Å²) in [6.45, 7) is 0. The van der Waals surface area contributed by atoms with E-state index in [-0.39, 0.29) is 0 Å². The Morgan fingerprint density at radius 3 is 2.79 bits per heavy atom. The second kappa shape index (κ2) is 4.78. The summed E-state index contributed by atoms with van der Waals surface area (Å²) in [7, 11) is 0. The number of hydrogen-bond donors (Lipinski definition) is 1. The molecule has 3 nitrogen and oxygen atoms in total. The Bertz CT molecular complexity index is 743. The lowest BCUT2D eigenvalue weighted by Gasteiger charge is -2.09. The summed E-state index contributed by atoms with van der Waals surface area (Å²) in [5.41, 5.74) is 7.25. The summed E-state index contributed by atoms with van der Waals surface area (Å²) in [4.78, 5) is 4.29. The van der Waals surface area contributed by atoms with E-state index >= 15 is 0 Å². The molecule has 0 saturated heterocycles. The predicted octanol–water partition coefficient (Wildman–Crippen LogP) is 4.26. The third-order valence-electron chi connectivity index (χ3n) is 2.78. The van der Waals surface area contributed by atoms with Gasteiger partial charge in [0.1, 0.15) is 11.5 Å². The first-order valence-corrected chi connectivity index (χ1v) is 6.18. The average molecular weight is 271 g/mol. The van der Waals surface area contributed by atoms with Gasteiger partial charge in [-0.1, -0.05) is 17.7 Å². The van der Waals surface area contributed by atoms with Crippen molar-refractivity contribution in [2.45, 2.75) is 0 Å². The van der Waals surface area contributed by atoms with E-state index in [4.69, 9.17) is 22.1 Å². The highest BCUT2D eigenvalue weighted by atomic mass is 35.5. The smallest absolute Gasteiger partial charge is 0.150 e. The molecule has 0 fully saturated rings. The quantitative estimate of drug-likeness (QED) is 0.708. The second-order valence-electron chi connectivity index (χ2n) is 4.14. The average Bonchev–Trinajstić information content (AvgIpc) is 2.42. The minimum absolute atomic E-state index is 0.508. The number of ether oxygens (including phenoxy) is 1. The largest absolute Gasteiger partial charge is 0.455 e. The molecule has 2 aromatic carbocycles. The van der Waals surface area contributed by atoms with Crippen molar-refractivity contribution in [1.29, 1.82) is 0 Å². The molecule has 4 heteroatoms. The number of fused-ring (bicyclic) bond motifs is 1. The van der Waals surface area contributed by atoms with Gasteiger partial charge in [-0.2, -0.15) is 0 Å². The highest BCUT2D eigenvalue weighted by Crippen LogP contribution is 2.30. The highest BCUT2D eigenvalue weighted by molar-refractivity contribution is 6.30. The zero-order valence-corrected chi connectivity index (χ0v) is 10.8. The van der Waals surface area contributed by atoms with E-state index in [0.29, 0.717) is 22.2 Å². The van der Waals surface area contributed by atoms with Gasteiger partial charge in [-0.05, 0) is 36.4 Å². The van der Waals surface area contributed by atoms with Gasteiger partial charge in [0, 0.05) is 22.7 Å². The summed E-state index contributed by atoms with van der Waals surface area (Å²) in [6.07, 6.45) is 1.75. The maximum absolute atomic E-state index is 5.86. The van der Waals surface area contributed by atoms with E-state index in [0.717, 1.165) is 10.9 Å². The maximum atomic E-state index is 5.86. The van der Waals surface area contributed by atoms with Crippen molar-refractivity contribution in [2.75, 3.05) is 5.73 Å². The first kappa shape index (κ1) is 11.8. The van der Waals surface area contributed by atoms with Crippen molar-refractivity contribution in [3.8, 4) is 11.5 Å². The number of hydrogen-bond acceptors (Lipinski definition) is 3. The van der Waals surface area contributed by atoms with Gasteiger partial charge in [-0.15, -0.1) is 0 Å². The fourth-order valence-corrected chi connectivity index (χ4v) is 2.03. The van der Waals surface area contributed by atoms with Crippen molar-refractivity contribution < 1.29 is 4.74 Å². The highest BCUT2D eigenvalue weighted by Gasteiger charge is 2.04. The molecular formula is C15H11ClN2O. The molecule has 2 N–H and O–H groups in total. The molecule has 3 aromatic rings. The minimum Gasteiger partial charge on any atom is -0.455 e. The van der Waals surface area contributed by atoms with Gasteiger partial charge in [0.2, 0.25) is 0 Å². The fourth-order valence-electron chi connectivity index (χ4n) is 1.85. The van der Waals surface area contributed by atoms with E-state index in [2.05, 4.69) is 4.98 Å². The van der Waals surface area contributed by atoms with Crippen LogP contribution in [0, 0.1) is 0 Å². The van der Waals surface area contributed by atoms with Crippen molar-refractivity contribution >= 4 is 28.2 Å². The molecule has 0 unspecified atom stereocenters. The molecule has 0 amide bonds. The third kappa shape index (κ3) is 2.46. The molecule has 3 rings (SSSR count). The Labute approximate surface area is 115 Å². The van der Waals surface area contributed by atoms with Gasteiger partial charge in [-0.25, -0.2) is 0 Å². The van der Waals surface area contributed by atoms with Crippen LogP contribution in [0.1, 0.15) is 0 Å². The Morgan fingerprint density at radius 1 is 1.05 bits per heavy atom. The number of halogens is 1. The Hall–Kier alpha value is -2.26. The monoisotopic (exact) mass is 270 g/mol. The van der Waals surface area contributed by atoms with Crippen LogP contribution in [0.25, 0.3) is 10.9 Å². The number of nitrogen functional groups attached to an aromatic ring is 1. The molecule has 0 atom stereocenters. The number of nitrogens with zero attached hydrogens (tertiary/aromatic N) is 1. The topological polar surface area (TPSA) is 48.1 Å². The molecular weight excluding hydrogens is 260 g/mol. The second-order valence-corrected chi connectivity index (χ2v) is 4.58. The van der Waals surface area contributed by atoms with E-state index in [9.17, 15) is 0 Å². The van der Waals surface area contributed by atoms with Crippen LogP contribution < -0.4 is 10.5 Å². The zero-order chi connectivity index (χ0) is 13.2. The van der Waals surface area contributed by atoms with Crippen molar-refractivity contribution in [1.82, 2.24) is 4.98 Å². The molecule has 19 heavy (non-hydrogen) atoms. The van der Waals surface area contributed by atoms with E-state index in [1.165, 1.54) is 0 Å². The van der Waals surface area contributed by atoms with Crippen LogP contribution in [0.4, 0.5) is 5.69 Å². The Kier molecular flexibility index (Phi) is 2.97. The van der Waals surface area contributed by atoms with Crippen molar-refractivity contribution in [3.05, 3.63) is 59.8 Å². The van der Waals surface area contributed by atoms with E-state index < -0.39 is 0 Å². The number of anilines is 1. The van der Waals surface area contributed by atoms with Gasteiger partial charge in [0.05, 0.1) is 11.2 Å². The molecule has 0 saturated carbocycles. The van der Waals surface area contributed by atoms with Gasteiger partial charge in [0.25, 0.3) is 0 Å². The number of aromatic nitrogens is 1. The molecule has 94 valence electrons. The molecule has 1 heterocycles. The number of pyridine rings is 1. The molecule has 0 aliphatic rings. The van der Waals surface area contributed by atoms with Gasteiger partial charge >= 0.3 is 0 Å². The van der Waals surface area contributed by atoms with Gasteiger partial charge in [0.15, 0.2) is 0 Å². The fraction of sp³-hybridized carbons (Fsp3) is 0. The van der Waals surface area contributed by atoms with Crippen LogP contribution in [0.2, 0.25) is 5.02 Å². The predicted molar refractivity (Wildman–Crippen MR) is 77.7 cm³/mol. The van der Waals surface area contributed by atoms with Crippen molar-refractivity contribution in [3.63, 3.8) is 0 Å². The number of benzene rings is 2. The third-order valence-corrected chi connectivity index (χ3v) is 3.01. The van der Waals surface area contributed by atoms with E-state index in [1.54, 1.807) is 24.4 Å². The van der Waals surface area contributed by atoms with Gasteiger partial charge < -0.3 is 10.5 Å². The molecule has 0 aliphatic carbocycles. The zero-order valence-electron chi connectivity index (χ0n) is 10.0. The SMILES string of the molecule is Nc1cc(Cl)ccc1Oc1ccc2cccnc2c1. The summed E-state index contributed by atoms with van der Waals surface area (Å²) >= 11 is 5.85. The molecule has 0 spiro atoms. The van der Waals surface area contributed by atoms with Crippen LogP contribution >= 0.6 is 11.6 Å². The number of rotatable bonds is 2. The van der Waals surface area contributed by atoms with Crippen LogP contribution in [-0.2, 0) is 0 Å². The lowest BCUT2D eigenvalue weighted by atomic mass is 10.2. The molecule has 0 bridgehead atoms. The summed E-state index contributed by atoms with van der Waals surface area (Å²) in [6, 6.07) is 14.8. The van der Waals surface area contributed by atoms with Crippen LogP contribution in [0.15, 0.2) is 54.7 Å². The van der Waals surface area contributed by atoms with Gasteiger partial charge in [-0.3, -0.25) is 4.98 Å². The van der Waals surface area contributed by atoms with Crippen LogP contribution in [0.5, 0.6) is 11.5 Å². The van der Waals surface area contributed by atoms with Crippen LogP contribution in [0.3, 0.4) is 0 Å². The molecule has 0 radical (unpaired) electrons. The minimum atomic E-state index is 0.508. The lowest BCUT2D eigenvalue weighted by molar-refractivity contribution is 0.486. The van der Waals surface area contributed by atoms with Crippen LogP contribution in [-0.4, -0.2) is 4.98 Å². The Morgan fingerprint density at radius 2 is 1.95 bits per heavy atom. The first-order valence-electron chi connectivity index (χ1n) is 5.80.